The van der Waals surface area contributed by atoms with Crippen molar-refractivity contribution >= 4 is 11.8 Å². The summed E-state index contributed by atoms with van der Waals surface area (Å²) in [6.45, 7) is 0.848. The van der Waals surface area contributed by atoms with E-state index in [0.717, 1.165) is 34.2 Å². The first-order valence-electron chi connectivity index (χ1n) is 8.52. The zero-order chi connectivity index (χ0) is 18.6. The van der Waals surface area contributed by atoms with Gasteiger partial charge in [0.15, 0.2) is 0 Å². The van der Waals surface area contributed by atoms with Crippen LogP contribution in [-0.2, 0) is 13.2 Å². The number of benzene rings is 2. The van der Waals surface area contributed by atoms with Crippen molar-refractivity contribution in [3.05, 3.63) is 101 Å². The average molecular weight is 362 g/mol. The molecule has 134 valence electrons. The topological polar surface area (TPSA) is 34.5 Å². The fourth-order valence-electron chi connectivity index (χ4n) is 2.91. The quantitative estimate of drug-likeness (QED) is 0.643. The fourth-order valence-corrected chi connectivity index (χ4v) is 2.91. The molecule has 0 saturated heterocycles. The van der Waals surface area contributed by atoms with Crippen LogP contribution in [0.5, 0.6) is 5.75 Å². The minimum atomic E-state index is -0.659. The number of allylic oxidation sites excluding steroid dienone is 1. The highest BCUT2D eigenvalue weighted by Gasteiger charge is 2.14. The molecule has 2 heterocycles. The van der Waals surface area contributed by atoms with E-state index in [1.165, 1.54) is 12.1 Å². The Bertz CT molecular complexity index is 1010. The predicted molar refractivity (Wildman–Crippen MR) is 101 cm³/mol. The van der Waals surface area contributed by atoms with E-state index >= 15 is 0 Å². The molecule has 3 nitrogen and oxygen atoms in total. The fraction of sp³-hybridized carbons (Fsp3) is 0.0909. The van der Waals surface area contributed by atoms with E-state index in [-0.39, 0.29) is 12.4 Å². The second-order valence-electron chi connectivity index (χ2n) is 6.17. The molecule has 27 heavy (non-hydrogen) atoms. The summed E-state index contributed by atoms with van der Waals surface area (Å²) in [6.07, 6.45) is 5.61. The summed E-state index contributed by atoms with van der Waals surface area (Å²) < 4.78 is 32.1. The molecule has 3 aromatic rings. The second-order valence-corrected chi connectivity index (χ2v) is 6.17. The maximum Gasteiger partial charge on any atom is 0.129 e. The van der Waals surface area contributed by atoms with Crippen molar-refractivity contribution in [2.45, 2.75) is 13.2 Å². The molecule has 0 unspecified atom stereocenters. The predicted octanol–water partition coefficient (Wildman–Crippen LogP) is 4.95. The summed E-state index contributed by atoms with van der Waals surface area (Å²) in [5.41, 5.74) is 4.82. The van der Waals surface area contributed by atoms with E-state index in [0.29, 0.717) is 6.54 Å². The highest BCUT2D eigenvalue weighted by Crippen LogP contribution is 2.23. The summed E-state index contributed by atoms with van der Waals surface area (Å²) in [6, 6.07) is 14.8. The van der Waals surface area contributed by atoms with Crippen LogP contribution in [0.15, 0.2) is 71.9 Å². The van der Waals surface area contributed by atoms with Crippen LogP contribution in [0.1, 0.15) is 22.4 Å². The molecule has 1 aliphatic heterocycles. The van der Waals surface area contributed by atoms with Crippen LogP contribution < -0.4 is 4.74 Å². The van der Waals surface area contributed by atoms with Crippen LogP contribution in [0.25, 0.3) is 6.08 Å². The highest BCUT2D eigenvalue weighted by atomic mass is 19.1. The highest BCUT2D eigenvalue weighted by molar-refractivity contribution is 6.13. The summed E-state index contributed by atoms with van der Waals surface area (Å²) in [7, 11) is 0. The number of halogens is 2. The van der Waals surface area contributed by atoms with Gasteiger partial charge in [-0.25, -0.2) is 8.78 Å². The van der Waals surface area contributed by atoms with Gasteiger partial charge in [-0.15, -0.1) is 0 Å². The molecular formula is C22H16F2N2O. The molecule has 0 N–H and O–H groups in total. The number of aromatic nitrogens is 1. The molecule has 0 aliphatic carbocycles. The molecule has 0 fully saturated rings. The maximum absolute atomic E-state index is 13.3. The van der Waals surface area contributed by atoms with Crippen molar-refractivity contribution in [3.8, 4) is 5.75 Å². The SMILES string of the molecule is Fc1cc(F)cc(OCc2ccc3c(c2)C(/C=C/c2ccccn2)=NC3)c1. The van der Waals surface area contributed by atoms with E-state index in [1.807, 2.05) is 48.6 Å². The summed E-state index contributed by atoms with van der Waals surface area (Å²) in [4.78, 5) is 8.83. The average Bonchev–Trinajstić information content (AvgIpc) is 3.07. The third kappa shape index (κ3) is 4.08. The van der Waals surface area contributed by atoms with E-state index in [2.05, 4.69) is 9.98 Å². The largest absolute Gasteiger partial charge is 0.489 e. The lowest BCUT2D eigenvalue weighted by molar-refractivity contribution is 0.302. The van der Waals surface area contributed by atoms with Crippen molar-refractivity contribution in [1.82, 2.24) is 4.98 Å². The lowest BCUT2D eigenvalue weighted by atomic mass is 10.0. The van der Waals surface area contributed by atoms with Gasteiger partial charge in [0.25, 0.3) is 0 Å². The Morgan fingerprint density at radius 2 is 1.81 bits per heavy atom. The van der Waals surface area contributed by atoms with Gasteiger partial charge in [-0.2, -0.15) is 0 Å². The van der Waals surface area contributed by atoms with Crippen molar-refractivity contribution in [1.29, 1.82) is 0 Å². The minimum absolute atomic E-state index is 0.164. The number of aliphatic imine (C=N–C) groups is 1. The van der Waals surface area contributed by atoms with Gasteiger partial charge >= 0.3 is 0 Å². The van der Waals surface area contributed by atoms with Gasteiger partial charge in [0.1, 0.15) is 24.0 Å². The number of nitrogens with zero attached hydrogens (tertiary/aromatic N) is 2. The Hall–Kier alpha value is -3.34. The van der Waals surface area contributed by atoms with Gasteiger partial charge in [0.05, 0.1) is 18.0 Å². The van der Waals surface area contributed by atoms with Crippen LogP contribution in [0, 0.1) is 11.6 Å². The molecule has 0 atom stereocenters. The molecule has 0 radical (unpaired) electrons. The normalized spacial score (nSPS) is 12.9. The van der Waals surface area contributed by atoms with E-state index in [4.69, 9.17) is 4.74 Å². The molecule has 0 saturated carbocycles. The summed E-state index contributed by atoms with van der Waals surface area (Å²) in [5, 5.41) is 0. The summed E-state index contributed by atoms with van der Waals surface area (Å²) in [5.74, 6) is -1.15. The van der Waals surface area contributed by atoms with Gasteiger partial charge in [-0.3, -0.25) is 9.98 Å². The van der Waals surface area contributed by atoms with E-state index < -0.39 is 11.6 Å². The third-order valence-corrected chi connectivity index (χ3v) is 4.21. The molecule has 0 amide bonds. The van der Waals surface area contributed by atoms with Gasteiger partial charge in [-0.05, 0) is 41.5 Å². The number of pyridine rings is 1. The first-order chi connectivity index (χ1) is 13.2. The molecule has 4 rings (SSSR count). The minimum Gasteiger partial charge on any atom is -0.489 e. The molecule has 0 bridgehead atoms. The van der Waals surface area contributed by atoms with Gasteiger partial charge in [0.2, 0.25) is 0 Å². The molecule has 1 aliphatic rings. The molecule has 5 heteroatoms. The molecule has 2 aromatic carbocycles. The Labute approximate surface area is 155 Å². The Morgan fingerprint density at radius 3 is 2.59 bits per heavy atom. The van der Waals surface area contributed by atoms with E-state index in [1.54, 1.807) is 6.20 Å². The number of hydrogen-bond acceptors (Lipinski definition) is 3. The van der Waals surface area contributed by atoms with Gasteiger partial charge in [-0.1, -0.05) is 18.2 Å². The van der Waals surface area contributed by atoms with Crippen LogP contribution in [0.2, 0.25) is 0 Å². The van der Waals surface area contributed by atoms with E-state index in [9.17, 15) is 8.78 Å². The lowest BCUT2D eigenvalue weighted by Crippen LogP contribution is -2.00. The van der Waals surface area contributed by atoms with Crippen LogP contribution >= 0.6 is 0 Å². The van der Waals surface area contributed by atoms with Crippen LogP contribution in [-0.4, -0.2) is 10.7 Å². The third-order valence-electron chi connectivity index (χ3n) is 4.21. The van der Waals surface area contributed by atoms with Crippen LogP contribution in [0.4, 0.5) is 8.78 Å². The molecule has 1 aromatic heterocycles. The molecular weight excluding hydrogens is 346 g/mol. The number of fused-ring (bicyclic) bond motifs is 1. The monoisotopic (exact) mass is 362 g/mol. The smallest absolute Gasteiger partial charge is 0.129 e. The standard InChI is InChI=1S/C22H16F2N2O/c23-17-10-18(24)12-20(11-17)27-14-15-4-5-16-13-26-22(21(16)9-15)7-6-19-3-1-2-8-25-19/h1-12H,13-14H2/b7-6+. The first-order valence-corrected chi connectivity index (χ1v) is 8.52. The zero-order valence-corrected chi connectivity index (χ0v) is 14.4. The molecule has 0 spiro atoms. The van der Waals surface area contributed by atoms with Crippen molar-refractivity contribution < 1.29 is 13.5 Å². The van der Waals surface area contributed by atoms with Crippen molar-refractivity contribution in [3.63, 3.8) is 0 Å². The van der Waals surface area contributed by atoms with Crippen molar-refractivity contribution in [2.24, 2.45) is 4.99 Å². The zero-order valence-electron chi connectivity index (χ0n) is 14.4. The number of rotatable bonds is 5. The number of ether oxygens (including phenoxy) is 1. The second kappa shape index (κ2) is 7.50. The summed E-state index contributed by atoms with van der Waals surface area (Å²) >= 11 is 0. The Kier molecular flexibility index (Phi) is 4.75. The van der Waals surface area contributed by atoms with Gasteiger partial charge < -0.3 is 4.74 Å². The van der Waals surface area contributed by atoms with Crippen LogP contribution in [0.3, 0.4) is 0 Å². The van der Waals surface area contributed by atoms with Crippen molar-refractivity contribution in [2.75, 3.05) is 0 Å². The Balaban J connectivity index is 1.50. The lowest BCUT2D eigenvalue weighted by Gasteiger charge is -2.09. The number of hydrogen-bond donors (Lipinski definition) is 0. The Morgan fingerprint density at radius 1 is 0.963 bits per heavy atom. The first kappa shape index (κ1) is 17.1. The maximum atomic E-state index is 13.3. The van der Waals surface area contributed by atoms with Gasteiger partial charge in [0, 0.05) is 30.0 Å².